The molecule has 0 atom stereocenters. The quantitative estimate of drug-likeness (QED) is 0.184. The Morgan fingerprint density at radius 3 is 1.73 bits per heavy atom. The van der Waals surface area contributed by atoms with Gasteiger partial charge in [-0.3, -0.25) is 0 Å². The van der Waals surface area contributed by atoms with Gasteiger partial charge in [-0.15, -0.1) is 0 Å². The van der Waals surface area contributed by atoms with Crippen molar-refractivity contribution in [3.8, 4) is 51.1 Å². The average molecular weight is 663 g/mol. The molecule has 0 unspecified atom stereocenters. The predicted octanol–water partition coefficient (Wildman–Crippen LogP) is 12.1. The van der Waals surface area contributed by atoms with E-state index in [0.29, 0.717) is 5.56 Å². The van der Waals surface area contributed by atoms with Gasteiger partial charge < -0.3 is 9.13 Å². The highest BCUT2D eigenvalue weighted by Gasteiger charge is 2.22. The first-order valence-corrected chi connectivity index (χ1v) is 17.5. The molecule has 0 amide bonds. The highest BCUT2D eigenvalue weighted by Crippen LogP contribution is 2.43. The van der Waals surface area contributed by atoms with E-state index in [1.807, 2.05) is 36.4 Å². The number of aromatic nitrogens is 3. The molecule has 0 radical (unpaired) electrons. The Morgan fingerprint density at radius 1 is 0.423 bits per heavy atom. The molecule has 52 heavy (non-hydrogen) atoms. The summed E-state index contributed by atoms with van der Waals surface area (Å²) in [6.07, 6.45) is 0. The summed E-state index contributed by atoms with van der Waals surface area (Å²) in [5.74, 6) is 0. The van der Waals surface area contributed by atoms with Crippen molar-refractivity contribution in [2.45, 2.75) is 0 Å². The first kappa shape index (κ1) is 29.7. The summed E-state index contributed by atoms with van der Waals surface area (Å²) in [6.45, 7) is 0. The van der Waals surface area contributed by atoms with Gasteiger partial charge in [0.25, 0.3) is 0 Å². The summed E-state index contributed by atoms with van der Waals surface area (Å²) in [6, 6.07) is 66.0. The van der Waals surface area contributed by atoms with Crippen LogP contribution in [0.3, 0.4) is 0 Å². The smallest absolute Gasteiger partial charge is 0.101 e. The van der Waals surface area contributed by atoms with Crippen LogP contribution in [0.15, 0.2) is 182 Å². The standard InChI is InChI=1S/C48H30N4/c49-31-35-18-7-10-23-43(35)52-45-25-12-9-22-40(45)47-46(52)27-26-39-38-21-8-11-24-44(38)51(48(39)47)37-20-13-19-34(28-37)36-29-41(32-14-3-1-4-15-32)50-42(30-36)33-16-5-2-6-17-33/h1-30H. The van der Waals surface area contributed by atoms with Gasteiger partial charge in [0.15, 0.2) is 0 Å². The summed E-state index contributed by atoms with van der Waals surface area (Å²) in [5.41, 5.74) is 13.2. The molecule has 0 spiro atoms. The summed E-state index contributed by atoms with van der Waals surface area (Å²) >= 11 is 0. The summed E-state index contributed by atoms with van der Waals surface area (Å²) in [4.78, 5) is 5.13. The van der Waals surface area contributed by atoms with Crippen molar-refractivity contribution in [3.63, 3.8) is 0 Å². The number of para-hydroxylation sites is 3. The fraction of sp³-hybridized carbons (Fsp3) is 0. The fourth-order valence-electron chi connectivity index (χ4n) is 7.83. The maximum absolute atomic E-state index is 10.1. The van der Waals surface area contributed by atoms with E-state index in [1.54, 1.807) is 0 Å². The number of nitrogens with zero attached hydrogens (tertiary/aromatic N) is 4. The van der Waals surface area contributed by atoms with Crippen LogP contribution in [-0.4, -0.2) is 14.1 Å². The zero-order valence-corrected chi connectivity index (χ0v) is 28.1. The predicted molar refractivity (Wildman–Crippen MR) is 214 cm³/mol. The van der Waals surface area contributed by atoms with E-state index < -0.39 is 0 Å². The van der Waals surface area contributed by atoms with Crippen LogP contribution < -0.4 is 0 Å². The van der Waals surface area contributed by atoms with Crippen molar-refractivity contribution >= 4 is 43.6 Å². The number of hydrogen-bond acceptors (Lipinski definition) is 2. The second-order valence-electron chi connectivity index (χ2n) is 13.1. The molecule has 7 aromatic carbocycles. The minimum Gasteiger partial charge on any atom is -0.309 e. The Hall–Kier alpha value is -7.22. The lowest BCUT2D eigenvalue weighted by Gasteiger charge is -2.13. The normalized spacial score (nSPS) is 11.4. The van der Waals surface area contributed by atoms with Gasteiger partial charge in [0.2, 0.25) is 0 Å². The monoisotopic (exact) mass is 662 g/mol. The van der Waals surface area contributed by atoms with Crippen LogP contribution in [0.4, 0.5) is 0 Å². The van der Waals surface area contributed by atoms with Crippen molar-refractivity contribution in [1.82, 2.24) is 14.1 Å². The fourth-order valence-corrected chi connectivity index (χ4v) is 7.83. The molecule has 0 aliphatic carbocycles. The van der Waals surface area contributed by atoms with Crippen LogP contribution in [0, 0.1) is 11.3 Å². The van der Waals surface area contributed by atoms with E-state index in [9.17, 15) is 5.26 Å². The second kappa shape index (κ2) is 12.0. The van der Waals surface area contributed by atoms with Gasteiger partial charge in [-0.1, -0.05) is 127 Å². The summed E-state index contributed by atoms with van der Waals surface area (Å²) in [7, 11) is 0. The minimum absolute atomic E-state index is 0.639. The van der Waals surface area contributed by atoms with Crippen LogP contribution in [0.1, 0.15) is 5.56 Å². The molecule has 0 bridgehead atoms. The SMILES string of the molecule is N#Cc1ccccc1-n1c2ccccc2c2c1ccc1c3ccccc3n(-c3cccc(-c4cc(-c5ccccc5)nc(-c5ccccc5)c4)c3)c12. The van der Waals surface area contributed by atoms with Crippen LogP contribution in [0.2, 0.25) is 0 Å². The van der Waals surface area contributed by atoms with Crippen LogP contribution in [0.25, 0.3) is 88.6 Å². The van der Waals surface area contributed by atoms with Crippen molar-refractivity contribution < 1.29 is 0 Å². The van der Waals surface area contributed by atoms with Crippen LogP contribution >= 0.6 is 0 Å². The Kier molecular flexibility index (Phi) is 6.84. The molecule has 3 heterocycles. The molecule has 242 valence electrons. The second-order valence-corrected chi connectivity index (χ2v) is 13.1. The Balaban J connectivity index is 1.26. The van der Waals surface area contributed by atoms with Gasteiger partial charge in [-0.25, -0.2) is 4.98 Å². The topological polar surface area (TPSA) is 46.5 Å². The number of fused-ring (bicyclic) bond motifs is 7. The largest absolute Gasteiger partial charge is 0.309 e. The molecule has 0 saturated heterocycles. The molecule has 4 heteroatoms. The van der Waals surface area contributed by atoms with Gasteiger partial charge in [-0.2, -0.15) is 5.26 Å². The van der Waals surface area contributed by atoms with E-state index in [1.165, 1.54) is 10.8 Å². The summed E-state index contributed by atoms with van der Waals surface area (Å²) < 4.78 is 4.66. The maximum atomic E-state index is 10.1. The lowest BCUT2D eigenvalue weighted by Crippen LogP contribution is -1.98. The van der Waals surface area contributed by atoms with Gasteiger partial charge in [-0.05, 0) is 65.7 Å². The third-order valence-corrected chi connectivity index (χ3v) is 10.1. The number of hydrogen-bond donors (Lipinski definition) is 0. The molecule has 4 nitrogen and oxygen atoms in total. The van der Waals surface area contributed by atoms with Crippen molar-refractivity contribution in [1.29, 1.82) is 5.26 Å². The molecule has 0 N–H and O–H groups in total. The van der Waals surface area contributed by atoms with Crippen molar-refractivity contribution in [2.75, 3.05) is 0 Å². The van der Waals surface area contributed by atoms with Gasteiger partial charge in [0.05, 0.1) is 44.7 Å². The van der Waals surface area contributed by atoms with E-state index in [0.717, 1.165) is 77.9 Å². The first-order chi connectivity index (χ1) is 25.8. The number of pyridine rings is 1. The third kappa shape index (κ3) is 4.65. The highest BCUT2D eigenvalue weighted by atomic mass is 15.0. The summed E-state index contributed by atoms with van der Waals surface area (Å²) in [5, 5.41) is 14.8. The van der Waals surface area contributed by atoms with Crippen LogP contribution in [0.5, 0.6) is 0 Å². The molecule has 0 saturated carbocycles. The number of benzene rings is 7. The lowest BCUT2D eigenvalue weighted by atomic mass is 9.99. The van der Waals surface area contributed by atoms with Gasteiger partial charge in [0.1, 0.15) is 6.07 Å². The molecule has 10 aromatic rings. The zero-order chi connectivity index (χ0) is 34.6. The third-order valence-electron chi connectivity index (χ3n) is 10.1. The van der Waals surface area contributed by atoms with E-state index in [-0.39, 0.29) is 0 Å². The zero-order valence-electron chi connectivity index (χ0n) is 28.1. The molecular formula is C48H30N4. The minimum atomic E-state index is 0.639. The molecule has 0 aliphatic rings. The Morgan fingerprint density at radius 2 is 1.02 bits per heavy atom. The van der Waals surface area contributed by atoms with E-state index in [4.69, 9.17) is 4.98 Å². The molecule has 3 aromatic heterocycles. The van der Waals surface area contributed by atoms with Crippen LogP contribution in [-0.2, 0) is 0 Å². The lowest BCUT2D eigenvalue weighted by molar-refractivity contribution is 1.16. The van der Waals surface area contributed by atoms with Gasteiger partial charge >= 0.3 is 0 Å². The number of rotatable bonds is 5. The van der Waals surface area contributed by atoms with Crippen molar-refractivity contribution in [3.05, 3.63) is 188 Å². The molecular weight excluding hydrogens is 633 g/mol. The highest BCUT2D eigenvalue weighted by molar-refractivity contribution is 6.26. The van der Waals surface area contributed by atoms with Crippen molar-refractivity contribution in [2.24, 2.45) is 0 Å². The van der Waals surface area contributed by atoms with E-state index in [2.05, 4.69) is 161 Å². The Bertz CT molecular complexity index is 2960. The first-order valence-electron chi connectivity index (χ1n) is 17.5. The Labute approximate surface area is 300 Å². The molecule has 10 rings (SSSR count). The number of nitriles is 1. The average Bonchev–Trinajstić information content (AvgIpc) is 3.74. The van der Waals surface area contributed by atoms with E-state index >= 15 is 0 Å². The van der Waals surface area contributed by atoms with Gasteiger partial charge in [0, 0.05) is 38.4 Å². The molecule has 0 fully saturated rings. The maximum Gasteiger partial charge on any atom is 0.101 e. The molecule has 0 aliphatic heterocycles.